The van der Waals surface area contributed by atoms with Crippen LogP contribution in [-0.4, -0.2) is 25.5 Å². The minimum absolute atomic E-state index is 0.202. The van der Waals surface area contributed by atoms with Crippen molar-refractivity contribution < 1.29 is 35.0 Å². The largest absolute Gasteiger partial charge is 0.504 e. The van der Waals surface area contributed by atoms with Crippen LogP contribution in [0.4, 0.5) is 0 Å². The molecule has 0 spiro atoms. The van der Waals surface area contributed by atoms with E-state index in [0.717, 1.165) is 55.3 Å². The van der Waals surface area contributed by atoms with Crippen molar-refractivity contribution in [2.24, 2.45) is 0 Å². The van der Waals surface area contributed by atoms with Crippen molar-refractivity contribution in [2.75, 3.05) is 0 Å². The van der Waals surface area contributed by atoms with E-state index in [2.05, 4.69) is 72.8 Å². The molecule has 58 heavy (non-hydrogen) atoms. The fourth-order valence-corrected chi connectivity index (χ4v) is 9.42. The van der Waals surface area contributed by atoms with Crippen LogP contribution in [0.1, 0.15) is 22.3 Å². The van der Waals surface area contributed by atoms with E-state index in [1.165, 1.54) is 0 Å². The summed E-state index contributed by atoms with van der Waals surface area (Å²) in [5.41, 5.74) is 7.25. The molecule has 7 nitrogen and oxygen atoms in total. The van der Waals surface area contributed by atoms with E-state index in [1.54, 1.807) is 0 Å². The minimum Gasteiger partial charge on any atom is -0.504 e. The van der Waals surface area contributed by atoms with Gasteiger partial charge in [-0.25, -0.2) is 0 Å². The number of fused-ring (bicyclic) bond motifs is 8. The maximum absolute atomic E-state index is 11.3. The Hall–Kier alpha value is -7.90. The van der Waals surface area contributed by atoms with Crippen LogP contribution in [0, 0.1) is 0 Å². The number of benzene rings is 9. The zero-order valence-corrected chi connectivity index (χ0v) is 30.6. The lowest BCUT2D eigenvalue weighted by atomic mass is 9.67. The fraction of sp³-hybridized carbons (Fsp3) is 0.0196. The summed E-state index contributed by atoms with van der Waals surface area (Å²) in [6, 6.07) is 54.5. The first-order chi connectivity index (χ1) is 28.4. The number of hydrogen-bond acceptors (Lipinski definition) is 7. The summed E-state index contributed by atoms with van der Waals surface area (Å²) in [6.07, 6.45) is 0. The third kappa shape index (κ3) is 4.38. The molecule has 0 bridgehead atoms. The predicted octanol–water partition coefficient (Wildman–Crippen LogP) is 12.1. The van der Waals surface area contributed by atoms with Crippen LogP contribution < -0.4 is 9.47 Å². The van der Waals surface area contributed by atoms with Gasteiger partial charge in [-0.05, 0) is 78.7 Å². The van der Waals surface area contributed by atoms with Gasteiger partial charge in [-0.2, -0.15) is 0 Å². The maximum Gasteiger partial charge on any atom is 0.208 e. The Morgan fingerprint density at radius 2 is 0.810 bits per heavy atom. The van der Waals surface area contributed by atoms with E-state index >= 15 is 0 Å². The van der Waals surface area contributed by atoms with E-state index in [-0.39, 0.29) is 5.56 Å². The van der Waals surface area contributed by atoms with E-state index in [9.17, 15) is 25.5 Å². The first-order valence-corrected chi connectivity index (χ1v) is 18.9. The molecular formula is C51H32O7. The number of phenols is 5. The molecule has 1 heterocycles. The number of para-hydroxylation sites is 2. The SMILES string of the molecule is Oc1c(O)c(O)c(-c2c3ccccc3c(-c3cccc4c3-c3ccc5c(c3C4(c3ccccc3)c3ccccc3)Oc3ccccc3O5)c3ccccc23)c(O)c1O. The van der Waals surface area contributed by atoms with Crippen LogP contribution in [-0.2, 0) is 5.41 Å². The molecule has 2 aliphatic rings. The number of aromatic hydroxyl groups is 5. The third-order valence-corrected chi connectivity index (χ3v) is 11.8. The molecule has 1 aliphatic heterocycles. The molecule has 0 aromatic heterocycles. The van der Waals surface area contributed by atoms with Gasteiger partial charge in [0.05, 0.1) is 11.0 Å². The zero-order chi connectivity index (χ0) is 39.3. The Morgan fingerprint density at radius 1 is 0.328 bits per heavy atom. The molecular weight excluding hydrogens is 725 g/mol. The van der Waals surface area contributed by atoms with E-state index in [4.69, 9.17) is 9.47 Å². The summed E-state index contributed by atoms with van der Waals surface area (Å²) in [5.74, 6) is -1.88. The monoisotopic (exact) mass is 756 g/mol. The van der Waals surface area contributed by atoms with Gasteiger partial charge in [0.2, 0.25) is 17.2 Å². The normalized spacial score (nSPS) is 13.2. The summed E-state index contributed by atoms with van der Waals surface area (Å²) >= 11 is 0. The van der Waals surface area contributed by atoms with Gasteiger partial charge in [-0.1, -0.05) is 146 Å². The summed E-state index contributed by atoms with van der Waals surface area (Å²) in [6.45, 7) is 0. The van der Waals surface area contributed by atoms with Crippen LogP contribution in [0.2, 0.25) is 0 Å². The average molecular weight is 757 g/mol. The second-order valence-corrected chi connectivity index (χ2v) is 14.6. The van der Waals surface area contributed by atoms with E-state index < -0.39 is 34.2 Å². The fourth-order valence-electron chi connectivity index (χ4n) is 9.42. The molecule has 0 saturated heterocycles. The standard InChI is InChI=1S/C51H32O7/c52-45-43(46(53)48(55)49(56)47(45)54)42-32-20-9-7-18-30(32)40(31-19-8-10-21-33(31)42)34-22-13-23-36-41(34)35-26-27-39-50(58-38-25-12-11-24-37(38)57-39)44(35)51(36,28-14-3-1-4-15-28)29-16-5-2-6-17-29/h1-27,52-56H. The van der Waals surface area contributed by atoms with Crippen molar-refractivity contribution in [3.8, 4) is 85.1 Å². The van der Waals surface area contributed by atoms with Gasteiger partial charge in [-0.15, -0.1) is 0 Å². The van der Waals surface area contributed by atoms with Crippen LogP contribution in [0.25, 0.3) is 54.9 Å². The lowest BCUT2D eigenvalue weighted by Crippen LogP contribution is -2.29. The molecule has 0 unspecified atom stereocenters. The first kappa shape index (κ1) is 33.4. The lowest BCUT2D eigenvalue weighted by Gasteiger charge is -2.36. The predicted molar refractivity (Wildman–Crippen MR) is 225 cm³/mol. The number of ether oxygens (including phenoxy) is 2. The van der Waals surface area contributed by atoms with Crippen LogP contribution in [0.3, 0.4) is 0 Å². The highest BCUT2D eigenvalue weighted by Crippen LogP contribution is 2.65. The summed E-state index contributed by atoms with van der Waals surface area (Å²) < 4.78 is 13.5. The molecule has 0 radical (unpaired) electrons. The van der Waals surface area contributed by atoms with Gasteiger partial charge in [0, 0.05) is 11.1 Å². The van der Waals surface area contributed by atoms with E-state index in [1.807, 2.05) is 91.0 Å². The maximum atomic E-state index is 11.3. The van der Waals surface area contributed by atoms with Gasteiger partial charge >= 0.3 is 0 Å². The van der Waals surface area contributed by atoms with Crippen molar-refractivity contribution in [1.29, 1.82) is 0 Å². The highest BCUT2D eigenvalue weighted by Gasteiger charge is 2.50. The van der Waals surface area contributed by atoms with Gasteiger partial charge in [-0.3, -0.25) is 0 Å². The Morgan fingerprint density at radius 3 is 1.38 bits per heavy atom. The van der Waals surface area contributed by atoms with Crippen LogP contribution in [0.15, 0.2) is 164 Å². The molecule has 9 aromatic rings. The average Bonchev–Trinajstić information content (AvgIpc) is 3.59. The summed E-state index contributed by atoms with van der Waals surface area (Å²) in [5, 5.41) is 57.2. The quantitative estimate of drug-likeness (QED) is 0.0689. The molecule has 278 valence electrons. The second-order valence-electron chi connectivity index (χ2n) is 14.6. The van der Waals surface area contributed by atoms with Gasteiger partial charge in [0.15, 0.2) is 34.5 Å². The van der Waals surface area contributed by atoms with Crippen molar-refractivity contribution >= 4 is 21.5 Å². The molecule has 0 fully saturated rings. The van der Waals surface area contributed by atoms with E-state index in [0.29, 0.717) is 39.3 Å². The molecule has 0 saturated carbocycles. The first-order valence-electron chi connectivity index (χ1n) is 18.9. The number of rotatable bonds is 4. The second kappa shape index (κ2) is 12.3. The molecule has 0 amide bonds. The molecule has 0 atom stereocenters. The van der Waals surface area contributed by atoms with Crippen molar-refractivity contribution in [3.05, 3.63) is 186 Å². The van der Waals surface area contributed by atoms with Crippen molar-refractivity contribution in [2.45, 2.75) is 5.41 Å². The van der Waals surface area contributed by atoms with Crippen LogP contribution >= 0.6 is 0 Å². The lowest BCUT2D eigenvalue weighted by molar-refractivity contribution is 0.330. The number of phenolic OH excluding ortho intramolecular Hbond substituents is 5. The molecule has 11 rings (SSSR count). The minimum atomic E-state index is -1.01. The summed E-state index contributed by atoms with van der Waals surface area (Å²) in [7, 11) is 0. The van der Waals surface area contributed by atoms with Crippen molar-refractivity contribution in [3.63, 3.8) is 0 Å². The third-order valence-electron chi connectivity index (χ3n) is 11.8. The molecule has 1 aliphatic carbocycles. The Bertz CT molecular complexity index is 3050. The highest BCUT2D eigenvalue weighted by molar-refractivity contribution is 6.24. The molecule has 5 N–H and O–H groups in total. The summed E-state index contributed by atoms with van der Waals surface area (Å²) in [4.78, 5) is 0. The van der Waals surface area contributed by atoms with Gasteiger partial charge < -0.3 is 35.0 Å². The van der Waals surface area contributed by atoms with Gasteiger partial charge in [0.1, 0.15) is 0 Å². The van der Waals surface area contributed by atoms with Crippen LogP contribution in [0.5, 0.6) is 51.7 Å². The smallest absolute Gasteiger partial charge is 0.208 e. The zero-order valence-electron chi connectivity index (χ0n) is 30.6. The molecule has 7 heteroatoms. The van der Waals surface area contributed by atoms with Gasteiger partial charge in [0.25, 0.3) is 0 Å². The van der Waals surface area contributed by atoms with Crippen molar-refractivity contribution in [1.82, 2.24) is 0 Å². The Balaban J connectivity index is 1.30. The Kier molecular flexibility index (Phi) is 7.09. The molecule has 9 aromatic carbocycles. The highest BCUT2D eigenvalue weighted by atomic mass is 16.6. The Labute approximate surface area is 332 Å². The topological polar surface area (TPSA) is 120 Å². The number of hydrogen-bond donors (Lipinski definition) is 5.